The summed E-state index contributed by atoms with van der Waals surface area (Å²) in [6.45, 7) is 9.27. The zero-order valence-electron chi connectivity index (χ0n) is 23.9. The number of carbonyl (C=O) groups is 1. The fraction of sp³-hybridized carbons (Fsp3) is 0.906. The second-order valence-corrected chi connectivity index (χ2v) is 10.8. The molecule has 0 N–H and O–H groups in total. The molecule has 0 rings (SSSR count). The first-order valence-electron chi connectivity index (χ1n) is 15.5. The first kappa shape index (κ1) is 33.2. The van der Waals surface area contributed by atoms with Gasteiger partial charge in [-0.05, 0) is 25.7 Å². The van der Waals surface area contributed by atoms with E-state index < -0.39 is 0 Å². The number of rotatable bonds is 26. The molecule has 34 heavy (non-hydrogen) atoms. The lowest BCUT2D eigenvalue weighted by Gasteiger charge is -2.09. The molecule has 2 nitrogen and oxygen atoms in total. The van der Waals surface area contributed by atoms with Gasteiger partial charge in [0.2, 0.25) is 0 Å². The van der Waals surface area contributed by atoms with Gasteiger partial charge in [-0.3, -0.25) is 0 Å². The highest BCUT2D eigenvalue weighted by atomic mass is 16.5. The number of allylic oxidation sites excluding steroid dienone is 1. The van der Waals surface area contributed by atoms with E-state index in [1.54, 1.807) is 0 Å². The van der Waals surface area contributed by atoms with E-state index in [0.717, 1.165) is 12.0 Å². The Bertz CT molecular complexity index is 454. The summed E-state index contributed by atoms with van der Waals surface area (Å²) in [5, 5.41) is 0. The topological polar surface area (TPSA) is 26.3 Å². The van der Waals surface area contributed by atoms with Gasteiger partial charge in [0.1, 0.15) is 0 Å². The van der Waals surface area contributed by atoms with Crippen molar-refractivity contribution in [1.29, 1.82) is 0 Å². The van der Waals surface area contributed by atoms with Gasteiger partial charge in [0.15, 0.2) is 0 Å². The van der Waals surface area contributed by atoms with Crippen LogP contribution < -0.4 is 0 Å². The van der Waals surface area contributed by atoms with E-state index in [1.807, 2.05) is 6.92 Å². The second kappa shape index (κ2) is 26.8. The van der Waals surface area contributed by atoms with Crippen molar-refractivity contribution in [3.63, 3.8) is 0 Å². The molecule has 0 aliphatic carbocycles. The van der Waals surface area contributed by atoms with Crippen molar-refractivity contribution in [1.82, 2.24) is 0 Å². The highest BCUT2D eigenvalue weighted by molar-refractivity contribution is 5.87. The molecule has 0 aliphatic rings. The monoisotopic (exact) mass is 478 g/mol. The zero-order valence-corrected chi connectivity index (χ0v) is 23.9. The van der Waals surface area contributed by atoms with Gasteiger partial charge in [-0.15, -0.1) is 0 Å². The molecule has 2 heteroatoms. The molecule has 0 fully saturated rings. The molecule has 0 aliphatic heterocycles. The molecule has 0 aromatic rings. The van der Waals surface area contributed by atoms with Crippen LogP contribution in [0.2, 0.25) is 0 Å². The van der Waals surface area contributed by atoms with Gasteiger partial charge < -0.3 is 4.74 Å². The molecule has 0 aromatic carbocycles. The van der Waals surface area contributed by atoms with Gasteiger partial charge in [-0.25, -0.2) is 4.79 Å². The van der Waals surface area contributed by atoms with Crippen molar-refractivity contribution in [2.24, 2.45) is 5.92 Å². The summed E-state index contributed by atoms with van der Waals surface area (Å²) in [6, 6.07) is 0. The van der Waals surface area contributed by atoms with Crippen LogP contribution in [0.4, 0.5) is 0 Å². The van der Waals surface area contributed by atoms with Crippen LogP contribution in [0.3, 0.4) is 0 Å². The first-order chi connectivity index (χ1) is 16.6. The predicted octanol–water partition coefficient (Wildman–Crippen LogP) is 11.1. The van der Waals surface area contributed by atoms with E-state index >= 15 is 0 Å². The minimum Gasteiger partial charge on any atom is -0.462 e. The average Bonchev–Trinajstić information content (AvgIpc) is 2.83. The van der Waals surface area contributed by atoms with Crippen molar-refractivity contribution in [3.05, 3.63) is 11.6 Å². The minimum atomic E-state index is -0.113. The number of hydrogen-bond donors (Lipinski definition) is 0. The molecule has 0 radical (unpaired) electrons. The summed E-state index contributed by atoms with van der Waals surface area (Å²) in [5.41, 5.74) is 0.789. The Morgan fingerprint density at radius 2 is 0.941 bits per heavy atom. The molecular weight excluding hydrogens is 416 g/mol. The summed E-state index contributed by atoms with van der Waals surface area (Å²) in [4.78, 5) is 12.2. The molecule has 1 atom stereocenters. The van der Waals surface area contributed by atoms with E-state index in [4.69, 9.17) is 4.74 Å². The molecule has 0 saturated carbocycles. The molecule has 0 spiro atoms. The second-order valence-electron chi connectivity index (χ2n) is 10.8. The molecule has 0 saturated heterocycles. The third kappa shape index (κ3) is 24.3. The van der Waals surface area contributed by atoms with Gasteiger partial charge in [-0.2, -0.15) is 0 Å². The Morgan fingerprint density at radius 3 is 1.35 bits per heavy atom. The molecule has 1 unspecified atom stereocenters. The fourth-order valence-corrected chi connectivity index (χ4v) is 4.75. The lowest BCUT2D eigenvalue weighted by atomic mass is 9.99. The zero-order chi connectivity index (χ0) is 25.1. The van der Waals surface area contributed by atoms with Crippen LogP contribution in [-0.4, -0.2) is 12.6 Å². The Kier molecular flexibility index (Phi) is 26.2. The summed E-state index contributed by atoms with van der Waals surface area (Å²) < 4.78 is 5.49. The molecule has 202 valence electrons. The van der Waals surface area contributed by atoms with E-state index in [9.17, 15) is 4.79 Å². The molecule has 0 aromatic heterocycles. The maximum Gasteiger partial charge on any atom is 0.333 e. The van der Waals surface area contributed by atoms with Crippen molar-refractivity contribution < 1.29 is 9.53 Å². The van der Waals surface area contributed by atoms with Gasteiger partial charge in [0.25, 0.3) is 0 Å². The first-order valence-corrected chi connectivity index (χ1v) is 15.5. The highest BCUT2D eigenvalue weighted by Gasteiger charge is 2.08. The number of ether oxygens (including phenoxy) is 1. The van der Waals surface area contributed by atoms with E-state index in [2.05, 4.69) is 26.8 Å². The maximum atomic E-state index is 12.2. The average molecular weight is 479 g/mol. The van der Waals surface area contributed by atoms with Crippen molar-refractivity contribution in [3.8, 4) is 0 Å². The number of carbonyl (C=O) groups excluding carboxylic acids is 1. The number of unbranched alkanes of at least 4 members (excludes halogenated alkanes) is 20. The van der Waals surface area contributed by atoms with Crippen molar-refractivity contribution in [2.75, 3.05) is 6.61 Å². The fourth-order valence-electron chi connectivity index (χ4n) is 4.75. The van der Waals surface area contributed by atoms with E-state index in [1.165, 1.54) is 141 Å². The van der Waals surface area contributed by atoms with E-state index in [0.29, 0.717) is 12.5 Å². The largest absolute Gasteiger partial charge is 0.462 e. The quantitative estimate of drug-likeness (QED) is 0.0701. The van der Waals surface area contributed by atoms with Crippen LogP contribution in [0.1, 0.15) is 175 Å². The Hall–Kier alpha value is -0.790. The standard InChI is InChI=1S/C32H62O2/c1-5-7-9-11-13-15-16-17-18-19-20-22-24-26-28-34-32(33)31(4)29-30(3)27-25-23-21-14-12-10-8-6-2/h29-30H,5-28H2,1-4H3. The Balaban J connectivity index is 3.50. The molecule has 0 bridgehead atoms. The normalized spacial score (nSPS) is 12.8. The predicted molar refractivity (Wildman–Crippen MR) is 151 cm³/mol. The molecule has 0 amide bonds. The third-order valence-electron chi connectivity index (χ3n) is 7.10. The smallest absolute Gasteiger partial charge is 0.333 e. The molecule has 0 heterocycles. The highest BCUT2D eigenvalue weighted by Crippen LogP contribution is 2.16. The van der Waals surface area contributed by atoms with Crippen LogP contribution in [0.15, 0.2) is 11.6 Å². The SMILES string of the molecule is CCCCCCCCCCCCCCCCOC(=O)C(C)=CC(C)CCCCCCCCCC. The van der Waals surface area contributed by atoms with Crippen molar-refractivity contribution >= 4 is 5.97 Å². The van der Waals surface area contributed by atoms with Crippen molar-refractivity contribution in [2.45, 2.75) is 175 Å². The summed E-state index contributed by atoms with van der Waals surface area (Å²) in [7, 11) is 0. The Morgan fingerprint density at radius 1 is 0.588 bits per heavy atom. The van der Waals surface area contributed by atoms with Crippen LogP contribution in [0, 0.1) is 5.92 Å². The minimum absolute atomic E-state index is 0.113. The van der Waals surface area contributed by atoms with Crippen LogP contribution in [-0.2, 0) is 9.53 Å². The number of hydrogen-bond acceptors (Lipinski definition) is 2. The Labute approximate surface area is 215 Å². The lowest BCUT2D eigenvalue weighted by Crippen LogP contribution is -2.08. The third-order valence-corrected chi connectivity index (χ3v) is 7.10. The van der Waals surface area contributed by atoms with Gasteiger partial charge in [0.05, 0.1) is 6.61 Å². The summed E-state index contributed by atoms with van der Waals surface area (Å²) in [5.74, 6) is 0.353. The summed E-state index contributed by atoms with van der Waals surface area (Å²) in [6.07, 6.45) is 33.0. The number of esters is 1. The lowest BCUT2D eigenvalue weighted by molar-refractivity contribution is -0.139. The van der Waals surface area contributed by atoms with Crippen LogP contribution >= 0.6 is 0 Å². The summed E-state index contributed by atoms with van der Waals surface area (Å²) >= 11 is 0. The van der Waals surface area contributed by atoms with E-state index in [-0.39, 0.29) is 5.97 Å². The van der Waals surface area contributed by atoms with Crippen LogP contribution in [0.5, 0.6) is 0 Å². The van der Waals surface area contributed by atoms with Gasteiger partial charge >= 0.3 is 5.97 Å². The maximum absolute atomic E-state index is 12.2. The van der Waals surface area contributed by atoms with Gasteiger partial charge in [-0.1, -0.05) is 162 Å². The van der Waals surface area contributed by atoms with Gasteiger partial charge in [0, 0.05) is 5.57 Å². The molecular formula is C32H62O2. The van der Waals surface area contributed by atoms with Crippen LogP contribution in [0.25, 0.3) is 0 Å².